The van der Waals surface area contributed by atoms with Crippen molar-refractivity contribution in [1.82, 2.24) is 9.78 Å². The zero-order chi connectivity index (χ0) is 13.7. The van der Waals surface area contributed by atoms with Crippen molar-refractivity contribution >= 4 is 5.69 Å². The standard InChI is InChI=1S/C14H16N4O/c1-18-10-12(9-17-18)5-6-16-13-4-3-11(8-15)7-14(13)19-2/h3-4,7,9-10,16H,5-6H2,1-2H3. The highest BCUT2D eigenvalue weighted by atomic mass is 16.5. The van der Waals surface area contributed by atoms with E-state index in [2.05, 4.69) is 16.5 Å². The van der Waals surface area contributed by atoms with E-state index >= 15 is 0 Å². The number of rotatable bonds is 5. The zero-order valence-electron chi connectivity index (χ0n) is 11.1. The van der Waals surface area contributed by atoms with Gasteiger partial charge in [-0.05, 0) is 24.1 Å². The molecule has 1 aromatic heterocycles. The number of aromatic nitrogens is 2. The molecule has 0 aliphatic rings. The van der Waals surface area contributed by atoms with E-state index in [9.17, 15) is 0 Å². The Morgan fingerprint density at radius 3 is 2.95 bits per heavy atom. The number of aryl methyl sites for hydroxylation is 1. The summed E-state index contributed by atoms with van der Waals surface area (Å²) in [4.78, 5) is 0. The first-order valence-corrected chi connectivity index (χ1v) is 6.02. The van der Waals surface area contributed by atoms with Gasteiger partial charge in [-0.3, -0.25) is 4.68 Å². The second-order valence-electron chi connectivity index (χ2n) is 4.23. The number of nitriles is 1. The molecule has 1 N–H and O–H groups in total. The molecule has 0 bridgehead atoms. The van der Waals surface area contributed by atoms with Crippen molar-refractivity contribution in [1.29, 1.82) is 5.26 Å². The van der Waals surface area contributed by atoms with E-state index in [0.717, 1.165) is 18.7 Å². The van der Waals surface area contributed by atoms with Crippen LogP contribution in [0.5, 0.6) is 5.75 Å². The van der Waals surface area contributed by atoms with Crippen molar-refractivity contribution in [3.63, 3.8) is 0 Å². The van der Waals surface area contributed by atoms with E-state index in [1.165, 1.54) is 5.56 Å². The fourth-order valence-corrected chi connectivity index (χ4v) is 1.85. The number of anilines is 1. The molecule has 5 heteroatoms. The van der Waals surface area contributed by atoms with Gasteiger partial charge in [-0.1, -0.05) is 0 Å². The van der Waals surface area contributed by atoms with E-state index in [4.69, 9.17) is 10.00 Å². The van der Waals surface area contributed by atoms with Gasteiger partial charge in [-0.25, -0.2) is 0 Å². The summed E-state index contributed by atoms with van der Waals surface area (Å²) in [5, 5.41) is 16.3. The highest BCUT2D eigenvalue weighted by Crippen LogP contribution is 2.25. The fraction of sp³-hybridized carbons (Fsp3) is 0.286. The Hall–Kier alpha value is -2.48. The molecule has 1 heterocycles. The normalized spacial score (nSPS) is 9.95. The summed E-state index contributed by atoms with van der Waals surface area (Å²) in [5.41, 5.74) is 2.67. The van der Waals surface area contributed by atoms with Crippen molar-refractivity contribution in [2.75, 3.05) is 19.0 Å². The molecule has 0 radical (unpaired) electrons. The molecule has 19 heavy (non-hydrogen) atoms. The van der Waals surface area contributed by atoms with Crippen LogP contribution < -0.4 is 10.1 Å². The number of methoxy groups -OCH3 is 1. The van der Waals surface area contributed by atoms with Gasteiger partial charge in [0.15, 0.2) is 0 Å². The smallest absolute Gasteiger partial charge is 0.143 e. The molecule has 0 unspecified atom stereocenters. The SMILES string of the molecule is COc1cc(C#N)ccc1NCCc1cnn(C)c1. The van der Waals surface area contributed by atoms with Crippen molar-refractivity contribution in [3.8, 4) is 11.8 Å². The minimum atomic E-state index is 0.592. The predicted octanol–water partition coefficient (Wildman–Crippen LogP) is 1.95. The molecule has 0 spiro atoms. The number of ether oxygens (including phenoxy) is 1. The number of nitrogens with zero attached hydrogens (tertiary/aromatic N) is 3. The summed E-state index contributed by atoms with van der Waals surface area (Å²) in [5.74, 6) is 0.685. The van der Waals surface area contributed by atoms with Crippen LogP contribution in [0.4, 0.5) is 5.69 Å². The Balaban J connectivity index is 1.97. The quantitative estimate of drug-likeness (QED) is 0.888. The average Bonchev–Trinajstić information content (AvgIpc) is 2.84. The molecular formula is C14H16N4O. The Morgan fingerprint density at radius 2 is 2.32 bits per heavy atom. The summed E-state index contributed by atoms with van der Waals surface area (Å²) < 4.78 is 7.05. The van der Waals surface area contributed by atoms with Gasteiger partial charge >= 0.3 is 0 Å². The number of hydrogen-bond donors (Lipinski definition) is 1. The van der Waals surface area contributed by atoms with E-state index in [1.807, 2.05) is 25.5 Å². The van der Waals surface area contributed by atoms with E-state index in [-0.39, 0.29) is 0 Å². The lowest BCUT2D eigenvalue weighted by Crippen LogP contribution is -2.05. The first kappa shape index (κ1) is 13.0. The molecule has 0 aliphatic carbocycles. The van der Waals surface area contributed by atoms with E-state index < -0.39 is 0 Å². The molecule has 1 aromatic carbocycles. The lowest BCUT2D eigenvalue weighted by Gasteiger charge is -2.10. The highest BCUT2D eigenvalue weighted by Gasteiger charge is 2.04. The molecule has 0 saturated heterocycles. The maximum Gasteiger partial charge on any atom is 0.143 e. The Kier molecular flexibility index (Phi) is 4.04. The van der Waals surface area contributed by atoms with Crippen LogP contribution in [-0.2, 0) is 13.5 Å². The Labute approximate surface area is 112 Å². The third kappa shape index (κ3) is 3.26. The van der Waals surface area contributed by atoms with Gasteiger partial charge in [-0.15, -0.1) is 0 Å². The van der Waals surface area contributed by atoms with Crippen LogP contribution in [0.2, 0.25) is 0 Å². The molecule has 0 fully saturated rings. The van der Waals surface area contributed by atoms with Crippen molar-refractivity contribution in [2.45, 2.75) is 6.42 Å². The number of hydrogen-bond acceptors (Lipinski definition) is 4. The largest absolute Gasteiger partial charge is 0.495 e. The first-order chi connectivity index (χ1) is 9.22. The zero-order valence-corrected chi connectivity index (χ0v) is 11.1. The highest BCUT2D eigenvalue weighted by molar-refractivity contribution is 5.59. The van der Waals surface area contributed by atoms with Gasteiger partial charge in [0.1, 0.15) is 5.75 Å². The third-order valence-corrected chi connectivity index (χ3v) is 2.82. The summed E-state index contributed by atoms with van der Waals surface area (Å²) >= 11 is 0. The summed E-state index contributed by atoms with van der Waals surface area (Å²) in [6, 6.07) is 7.46. The maximum atomic E-state index is 8.84. The van der Waals surface area contributed by atoms with Gasteiger partial charge in [0, 0.05) is 25.9 Å². The predicted molar refractivity (Wildman–Crippen MR) is 73.1 cm³/mol. The molecule has 0 amide bonds. The van der Waals surface area contributed by atoms with Crippen LogP contribution in [0.15, 0.2) is 30.6 Å². The fourth-order valence-electron chi connectivity index (χ4n) is 1.85. The first-order valence-electron chi connectivity index (χ1n) is 6.02. The molecule has 0 aliphatic heterocycles. The summed E-state index contributed by atoms with van der Waals surface area (Å²) in [6.07, 6.45) is 4.74. The topological polar surface area (TPSA) is 62.9 Å². The van der Waals surface area contributed by atoms with Crippen LogP contribution in [0.1, 0.15) is 11.1 Å². The minimum absolute atomic E-state index is 0.592. The molecule has 5 nitrogen and oxygen atoms in total. The van der Waals surface area contributed by atoms with Gasteiger partial charge in [0.2, 0.25) is 0 Å². The van der Waals surface area contributed by atoms with E-state index in [0.29, 0.717) is 11.3 Å². The Morgan fingerprint density at radius 1 is 1.47 bits per heavy atom. The van der Waals surface area contributed by atoms with Crippen LogP contribution >= 0.6 is 0 Å². The van der Waals surface area contributed by atoms with Crippen LogP contribution in [-0.4, -0.2) is 23.4 Å². The van der Waals surface area contributed by atoms with Crippen molar-refractivity contribution in [2.24, 2.45) is 7.05 Å². The van der Waals surface area contributed by atoms with Gasteiger partial charge < -0.3 is 10.1 Å². The van der Waals surface area contributed by atoms with Crippen LogP contribution in [0.3, 0.4) is 0 Å². The van der Waals surface area contributed by atoms with Crippen LogP contribution in [0.25, 0.3) is 0 Å². The second kappa shape index (κ2) is 5.91. The number of benzene rings is 1. The van der Waals surface area contributed by atoms with Gasteiger partial charge in [0.05, 0.1) is 30.6 Å². The molecule has 0 saturated carbocycles. The molecular weight excluding hydrogens is 240 g/mol. The molecule has 0 atom stereocenters. The van der Waals surface area contributed by atoms with Crippen LogP contribution in [0, 0.1) is 11.3 Å². The van der Waals surface area contributed by atoms with Crippen molar-refractivity contribution in [3.05, 3.63) is 41.7 Å². The minimum Gasteiger partial charge on any atom is -0.495 e. The maximum absolute atomic E-state index is 8.84. The lowest BCUT2D eigenvalue weighted by atomic mass is 10.2. The lowest BCUT2D eigenvalue weighted by molar-refractivity contribution is 0.416. The third-order valence-electron chi connectivity index (χ3n) is 2.82. The van der Waals surface area contributed by atoms with E-state index in [1.54, 1.807) is 23.9 Å². The Bertz CT molecular complexity index is 598. The van der Waals surface area contributed by atoms with Crippen molar-refractivity contribution < 1.29 is 4.74 Å². The van der Waals surface area contributed by atoms with Gasteiger partial charge in [-0.2, -0.15) is 10.4 Å². The molecule has 2 aromatic rings. The monoisotopic (exact) mass is 256 g/mol. The van der Waals surface area contributed by atoms with Gasteiger partial charge in [0.25, 0.3) is 0 Å². The summed E-state index contributed by atoms with van der Waals surface area (Å²) in [6.45, 7) is 0.786. The number of nitrogens with one attached hydrogen (secondary N) is 1. The molecule has 98 valence electrons. The second-order valence-corrected chi connectivity index (χ2v) is 4.23. The summed E-state index contributed by atoms with van der Waals surface area (Å²) in [7, 11) is 3.50. The molecule has 2 rings (SSSR count). The average molecular weight is 256 g/mol.